The van der Waals surface area contributed by atoms with Gasteiger partial charge in [0, 0.05) is 11.1 Å². The van der Waals surface area contributed by atoms with Crippen LogP contribution < -0.4 is 5.43 Å². The molecule has 4 heteroatoms. The maximum absolute atomic E-state index is 4.20. The van der Waals surface area contributed by atoms with Crippen LogP contribution in [0.3, 0.4) is 0 Å². The first-order chi connectivity index (χ1) is 7.77. The van der Waals surface area contributed by atoms with Crippen LogP contribution in [0.15, 0.2) is 34.9 Å². The first-order valence-corrected chi connectivity index (χ1v) is 5.90. The van der Waals surface area contributed by atoms with Gasteiger partial charge < -0.3 is 0 Å². The number of aromatic nitrogens is 1. The molecule has 2 rings (SSSR count). The van der Waals surface area contributed by atoms with Crippen LogP contribution in [-0.2, 0) is 0 Å². The smallest absolute Gasteiger partial charge is 0.149 e. The highest BCUT2D eigenvalue weighted by Gasteiger charge is 1.96. The quantitative estimate of drug-likeness (QED) is 0.650. The Kier molecular flexibility index (Phi) is 3.31. The van der Waals surface area contributed by atoms with Crippen molar-refractivity contribution >= 4 is 23.4 Å². The Balaban J connectivity index is 2.06. The van der Waals surface area contributed by atoms with Gasteiger partial charge in [-0.25, -0.2) is 4.98 Å². The minimum atomic E-state index is 0.799. The second kappa shape index (κ2) is 4.90. The first-order valence-electron chi connectivity index (χ1n) is 5.02. The van der Waals surface area contributed by atoms with Crippen molar-refractivity contribution in [3.8, 4) is 0 Å². The molecule has 2 aromatic rings. The number of anilines is 1. The fraction of sp³-hybridized carbons (Fsp3) is 0.167. The number of nitrogens with zero attached hydrogens (tertiary/aromatic N) is 2. The van der Waals surface area contributed by atoms with Crippen molar-refractivity contribution in [2.75, 3.05) is 5.43 Å². The zero-order valence-corrected chi connectivity index (χ0v) is 10.1. The summed E-state index contributed by atoms with van der Waals surface area (Å²) in [4.78, 5) is 5.37. The number of pyridine rings is 1. The number of thiophene rings is 1. The lowest BCUT2D eigenvalue weighted by Gasteiger charge is -2.01. The number of nitrogens with one attached hydrogen (secondary N) is 1. The highest BCUT2D eigenvalue weighted by Crippen LogP contribution is 2.13. The molecule has 0 unspecified atom stereocenters. The number of hydrogen-bond acceptors (Lipinski definition) is 4. The van der Waals surface area contributed by atoms with E-state index in [4.69, 9.17) is 0 Å². The average Bonchev–Trinajstić information content (AvgIpc) is 2.67. The largest absolute Gasteiger partial charge is 0.261 e. The van der Waals surface area contributed by atoms with E-state index in [0.717, 1.165) is 11.4 Å². The first kappa shape index (κ1) is 10.8. The minimum Gasteiger partial charge on any atom is -0.261 e. The Morgan fingerprint density at radius 3 is 2.88 bits per heavy atom. The van der Waals surface area contributed by atoms with Crippen molar-refractivity contribution < 1.29 is 0 Å². The van der Waals surface area contributed by atoms with Crippen molar-refractivity contribution in [1.82, 2.24) is 4.98 Å². The van der Waals surface area contributed by atoms with Crippen LogP contribution in [0.2, 0.25) is 0 Å². The summed E-state index contributed by atoms with van der Waals surface area (Å²) in [6.07, 6.45) is 3.58. The van der Waals surface area contributed by atoms with E-state index in [0.29, 0.717) is 0 Å². The fourth-order valence-electron chi connectivity index (χ4n) is 1.27. The molecule has 82 valence electrons. The molecule has 16 heavy (non-hydrogen) atoms. The van der Waals surface area contributed by atoms with Gasteiger partial charge in [0.1, 0.15) is 5.82 Å². The highest BCUT2D eigenvalue weighted by atomic mass is 32.1. The predicted octanol–water partition coefficient (Wildman–Crippen LogP) is 3.21. The summed E-state index contributed by atoms with van der Waals surface area (Å²) in [5.41, 5.74) is 5.27. The van der Waals surface area contributed by atoms with Crippen LogP contribution in [0.4, 0.5) is 5.82 Å². The number of hydrazone groups is 1. The molecule has 2 aromatic heterocycles. The number of rotatable bonds is 3. The van der Waals surface area contributed by atoms with Crippen molar-refractivity contribution in [3.05, 3.63) is 45.8 Å². The Morgan fingerprint density at radius 1 is 1.31 bits per heavy atom. The molecule has 0 fully saturated rings. The molecular weight excluding hydrogens is 218 g/mol. The second-order valence-corrected chi connectivity index (χ2v) is 4.45. The Morgan fingerprint density at radius 2 is 2.19 bits per heavy atom. The van der Waals surface area contributed by atoms with E-state index < -0.39 is 0 Å². The summed E-state index contributed by atoms with van der Waals surface area (Å²) >= 11 is 1.68. The number of aryl methyl sites for hydroxylation is 2. The third-order valence-corrected chi connectivity index (χ3v) is 3.22. The van der Waals surface area contributed by atoms with Gasteiger partial charge >= 0.3 is 0 Å². The topological polar surface area (TPSA) is 37.3 Å². The zero-order valence-electron chi connectivity index (χ0n) is 9.27. The van der Waals surface area contributed by atoms with Gasteiger partial charge in [-0.3, -0.25) is 5.43 Å². The fourth-order valence-corrected chi connectivity index (χ4v) is 2.06. The second-order valence-electron chi connectivity index (χ2n) is 3.51. The van der Waals surface area contributed by atoms with Gasteiger partial charge in [-0.1, -0.05) is 6.07 Å². The maximum Gasteiger partial charge on any atom is 0.149 e. The van der Waals surface area contributed by atoms with Crippen molar-refractivity contribution in [1.29, 1.82) is 0 Å². The average molecular weight is 231 g/mol. The van der Waals surface area contributed by atoms with E-state index in [1.807, 2.05) is 25.3 Å². The molecule has 0 aliphatic carbocycles. The van der Waals surface area contributed by atoms with Gasteiger partial charge in [-0.15, -0.1) is 11.3 Å². The van der Waals surface area contributed by atoms with Crippen molar-refractivity contribution in [3.63, 3.8) is 0 Å². The minimum absolute atomic E-state index is 0.799. The van der Waals surface area contributed by atoms with Gasteiger partial charge in [-0.05, 0) is 42.5 Å². The van der Waals surface area contributed by atoms with Crippen LogP contribution in [0.5, 0.6) is 0 Å². The zero-order chi connectivity index (χ0) is 11.4. The lowest BCUT2D eigenvalue weighted by molar-refractivity contribution is 1.19. The van der Waals surface area contributed by atoms with Crippen LogP contribution in [0, 0.1) is 13.8 Å². The molecule has 0 saturated heterocycles. The van der Waals surface area contributed by atoms with E-state index >= 15 is 0 Å². The summed E-state index contributed by atoms with van der Waals surface area (Å²) in [5, 5.41) is 6.24. The summed E-state index contributed by atoms with van der Waals surface area (Å²) in [6.45, 7) is 4.07. The van der Waals surface area contributed by atoms with Crippen molar-refractivity contribution in [2.24, 2.45) is 5.10 Å². The highest BCUT2D eigenvalue weighted by molar-refractivity contribution is 7.11. The third-order valence-electron chi connectivity index (χ3n) is 2.26. The Hall–Kier alpha value is -1.68. The molecule has 2 heterocycles. The van der Waals surface area contributed by atoms with Crippen LogP contribution in [0.1, 0.15) is 16.0 Å². The summed E-state index contributed by atoms with van der Waals surface area (Å²) in [6, 6.07) is 5.99. The van der Waals surface area contributed by atoms with E-state index in [-0.39, 0.29) is 0 Å². The van der Waals surface area contributed by atoms with E-state index in [9.17, 15) is 0 Å². The van der Waals surface area contributed by atoms with Gasteiger partial charge in [0.15, 0.2) is 0 Å². The van der Waals surface area contributed by atoms with Crippen LogP contribution in [-0.4, -0.2) is 11.2 Å². The Labute approximate surface area is 98.9 Å². The molecule has 0 aliphatic heterocycles. The standard InChI is InChI=1S/C12H13N3S/c1-9-5-7-16-11(9)8-14-15-12-10(2)4-3-6-13-12/h3-8H,1-2H3,(H,13,15)/b14-8+. The normalized spacial score (nSPS) is 10.9. The van der Waals surface area contributed by atoms with E-state index in [1.165, 1.54) is 10.4 Å². The monoisotopic (exact) mass is 231 g/mol. The molecule has 1 N–H and O–H groups in total. The molecule has 0 amide bonds. The van der Waals surface area contributed by atoms with Crippen molar-refractivity contribution in [2.45, 2.75) is 13.8 Å². The molecule has 0 saturated carbocycles. The molecular formula is C12H13N3S. The van der Waals surface area contributed by atoms with Gasteiger partial charge in [-0.2, -0.15) is 5.10 Å². The molecule has 0 aliphatic rings. The molecule has 3 nitrogen and oxygen atoms in total. The molecule has 0 bridgehead atoms. The SMILES string of the molecule is Cc1cccnc1N/N=C/c1sccc1C. The third kappa shape index (κ3) is 2.46. The summed E-state index contributed by atoms with van der Waals surface area (Å²) in [5.74, 6) is 0.799. The van der Waals surface area contributed by atoms with E-state index in [2.05, 4.69) is 33.9 Å². The molecule has 0 radical (unpaired) electrons. The van der Waals surface area contributed by atoms with Gasteiger partial charge in [0.05, 0.1) is 6.21 Å². The Bertz CT molecular complexity index is 502. The molecule has 0 aromatic carbocycles. The number of hydrogen-bond donors (Lipinski definition) is 1. The lowest BCUT2D eigenvalue weighted by atomic mass is 10.3. The maximum atomic E-state index is 4.20. The van der Waals surface area contributed by atoms with E-state index in [1.54, 1.807) is 17.5 Å². The predicted molar refractivity (Wildman–Crippen MR) is 69.2 cm³/mol. The molecule has 0 spiro atoms. The lowest BCUT2D eigenvalue weighted by Crippen LogP contribution is -1.95. The van der Waals surface area contributed by atoms with Crippen LogP contribution >= 0.6 is 11.3 Å². The molecule has 0 atom stereocenters. The summed E-state index contributed by atoms with van der Waals surface area (Å²) in [7, 11) is 0. The van der Waals surface area contributed by atoms with Crippen LogP contribution in [0.25, 0.3) is 0 Å². The van der Waals surface area contributed by atoms with Gasteiger partial charge in [0.2, 0.25) is 0 Å². The summed E-state index contributed by atoms with van der Waals surface area (Å²) < 4.78 is 0. The van der Waals surface area contributed by atoms with Gasteiger partial charge in [0.25, 0.3) is 0 Å².